The van der Waals surface area contributed by atoms with Gasteiger partial charge in [0, 0.05) is 30.6 Å². The molecule has 2 aromatic carbocycles. The van der Waals surface area contributed by atoms with Gasteiger partial charge in [-0.05, 0) is 54.6 Å². The average Bonchev–Trinajstić information content (AvgIpc) is 2.62. The Bertz CT molecular complexity index is 655. The number of fused-ring (bicyclic) bond motifs is 1. The molecule has 1 aliphatic heterocycles. The van der Waals surface area contributed by atoms with E-state index in [1.165, 1.54) is 29.0 Å². The lowest BCUT2D eigenvalue weighted by molar-refractivity contribution is 0.0963. The summed E-state index contributed by atoms with van der Waals surface area (Å²) in [5.41, 5.74) is 3.75. The Morgan fingerprint density at radius 1 is 1.12 bits per heavy atom. The molecule has 0 fully saturated rings. The van der Waals surface area contributed by atoms with Gasteiger partial charge in [0.25, 0.3) is 5.91 Å². The maximum Gasteiger partial charge on any atom is 0.251 e. The summed E-state index contributed by atoms with van der Waals surface area (Å²) in [6.07, 6.45) is 1.21. The molecule has 0 spiro atoms. The SMILES string of the molecule is CCSc1ccc(C(=O)NC)cc1.CN1CCc2ccccc2C1. The number of carbonyl (C=O) groups excluding carboxylic acids is 1. The molecule has 0 radical (unpaired) electrons. The highest BCUT2D eigenvalue weighted by Gasteiger charge is 2.10. The molecule has 0 aliphatic carbocycles. The summed E-state index contributed by atoms with van der Waals surface area (Å²) in [6, 6.07) is 16.3. The Labute approximate surface area is 149 Å². The van der Waals surface area contributed by atoms with Gasteiger partial charge in [-0.1, -0.05) is 31.2 Å². The molecule has 4 heteroatoms. The monoisotopic (exact) mass is 342 g/mol. The maximum absolute atomic E-state index is 11.2. The van der Waals surface area contributed by atoms with Crippen LogP contribution in [0.15, 0.2) is 53.4 Å². The molecule has 0 saturated heterocycles. The van der Waals surface area contributed by atoms with Gasteiger partial charge in [-0.3, -0.25) is 4.79 Å². The minimum absolute atomic E-state index is 0.0342. The van der Waals surface area contributed by atoms with Crippen LogP contribution in [0, 0.1) is 0 Å². The number of benzene rings is 2. The molecule has 0 atom stereocenters. The van der Waals surface area contributed by atoms with Crippen molar-refractivity contribution in [3.8, 4) is 0 Å². The van der Waals surface area contributed by atoms with Gasteiger partial charge in [0.1, 0.15) is 0 Å². The van der Waals surface area contributed by atoms with E-state index in [-0.39, 0.29) is 5.91 Å². The molecule has 1 amide bonds. The molecule has 3 rings (SSSR count). The lowest BCUT2D eigenvalue weighted by atomic mass is 10.0. The molecule has 0 saturated carbocycles. The fourth-order valence-electron chi connectivity index (χ4n) is 2.65. The minimum Gasteiger partial charge on any atom is -0.355 e. The van der Waals surface area contributed by atoms with E-state index in [0.29, 0.717) is 5.56 Å². The van der Waals surface area contributed by atoms with Crippen LogP contribution in [0.3, 0.4) is 0 Å². The maximum atomic E-state index is 11.2. The number of carbonyl (C=O) groups is 1. The van der Waals surface area contributed by atoms with E-state index in [1.54, 1.807) is 18.8 Å². The first kappa shape index (κ1) is 18.6. The van der Waals surface area contributed by atoms with Crippen molar-refractivity contribution >= 4 is 17.7 Å². The normalized spacial score (nSPS) is 13.5. The van der Waals surface area contributed by atoms with Crippen molar-refractivity contribution in [1.29, 1.82) is 0 Å². The molecule has 24 heavy (non-hydrogen) atoms. The van der Waals surface area contributed by atoms with Gasteiger partial charge in [-0.25, -0.2) is 0 Å². The second kappa shape index (κ2) is 9.50. The van der Waals surface area contributed by atoms with Gasteiger partial charge >= 0.3 is 0 Å². The van der Waals surface area contributed by atoms with Gasteiger partial charge in [0.15, 0.2) is 0 Å². The second-order valence-corrected chi connectivity index (χ2v) is 7.13. The molecular weight excluding hydrogens is 316 g/mol. The molecule has 1 aliphatic rings. The quantitative estimate of drug-likeness (QED) is 0.861. The number of hydrogen-bond donors (Lipinski definition) is 1. The first-order chi connectivity index (χ1) is 11.6. The van der Waals surface area contributed by atoms with Crippen LogP contribution in [0.1, 0.15) is 28.4 Å². The first-order valence-corrected chi connectivity index (χ1v) is 9.33. The number of nitrogens with one attached hydrogen (secondary N) is 1. The summed E-state index contributed by atoms with van der Waals surface area (Å²) in [5, 5.41) is 2.59. The van der Waals surface area contributed by atoms with E-state index < -0.39 is 0 Å². The van der Waals surface area contributed by atoms with Crippen LogP contribution in [0.5, 0.6) is 0 Å². The topological polar surface area (TPSA) is 32.3 Å². The summed E-state index contributed by atoms with van der Waals surface area (Å²) >= 11 is 1.77. The highest BCUT2D eigenvalue weighted by atomic mass is 32.2. The summed E-state index contributed by atoms with van der Waals surface area (Å²) in [7, 11) is 3.81. The molecular formula is C20H26N2OS. The first-order valence-electron chi connectivity index (χ1n) is 8.34. The molecule has 2 aromatic rings. The smallest absolute Gasteiger partial charge is 0.251 e. The Kier molecular flexibility index (Phi) is 7.35. The van der Waals surface area contributed by atoms with E-state index >= 15 is 0 Å². The molecule has 1 heterocycles. The van der Waals surface area contributed by atoms with Crippen molar-refractivity contribution in [2.75, 3.05) is 26.4 Å². The minimum atomic E-state index is -0.0342. The molecule has 0 aromatic heterocycles. The fourth-order valence-corrected chi connectivity index (χ4v) is 3.31. The fraction of sp³-hybridized carbons (Fsp3) is 0.350. The van der Waals surface area contributed by atoms with Crippen LogP contribution < -0.4 is 5.32 Å². The summed E-state index contributed by atoms with van der Waals surface area (Å²) in [6.45, 7) is 4.44. The van der Waals surface area contributed by atoms with Crippen molar-refractivity contribution in [3.63, 3.8) is 0 Å². The summed E-state index contributed by atoms with van der Waals surface area (Å²) in [4.78, 5) is 14.7. The van der Waals surface area contributed by atoms with Crippen molar-refractivity contribution in [2.45, 2.75) is 24.8 Å². The number of likely N-dealkylation sites (N-methyl/N-ethyl adjacent to an activating group) is 1. The summed E-state index contributed by atoms with van der Waals surface area (Å²) < 4.78 is 0. The van der Waals surface area contributed by atoms with Crippen LogP contribution in [0.4, 0.5) is 0 Å². The zero-order valence-corrected chi connectivity index (χ0v) is 15.5. The van der Waals surface area contributed by atoms with E-state index in [9.17, 15) is 4.79 Å². The number of nitrogens with zero attached hydrogens (tertiary/aromatic N) is 1. The van der Waals surface area contributed by atoms with Crippen molar-refractivity contribution in [3.05, 3.63) is 65.2 Å². The Morgan fingerprint density at radius 3 is 2.42 bits per heavy atom. The Morgan fingerprint density at radius 2 is 1.79 bits per heavy atom. The molecule has 128 valence electrons. The van der Waals surface area contributed by atoms with Gasteiger partial charge in [0.05, 0.1) is 0 Å². The predicted molar refractivity (Wildman–Crippen MR) is 103 cm³/mol. The van der Waals surface area contributed by atoms with Crippen LogP contribution in [0.25, 0.3) is 0 Å². The van der Waals surface area contributed by atoms with E-state index in [0.717, 1.165) is 12.3 Å². The number of hydrogen-bond acceptors (Lipinski definition) is 3. The van der Waals surface area contributed by atoms with Crippen molar-refractivity contribution in [1.82, 2.24) is 10.2 Å². The van der Waals surface area contributed by atoms with Crippen LogP contribution in [0.2, 0.25) is 0 Å². The van der Waals surface area contributed by atoms with Crippen LogP contribution in [-0.4, -0.2) is 37.2 Å². The van der Waals surface area contributed by atoms with Gasteiger partial charge in [-0.2, -0.15) is 0 Å². The summed E-state index contributed by atoms with van der Waals surface area (Å²) in [5.74, 6) is 1.02. The predicted octanol–water partition coefficient (Wildman–Crippen LogP) is 3.83. The zero-order valence-electron chi connectivity index (χ0n) is 14.7. The van der Waals surface area contributed by atoms with Crippen LogP contribution in [-0.2, 0) is 13.0 Å². The number of amides is 1. The van der Waals surface area contributed by atoms with Gasteiger partial charge in [-0.15, -0.1) is 11.8 Å². The lowest BCUT2D eigenvalue weighted by Gasteiger charge is -2.24. The highest BCUT2D eigenvalue weighted by Crippen LogP contribution is 2.17. The molecule has 0 bridgehead atoms. The standard InChI is InChI=1S/C10H13NOS.C10H13N/c1-3-13-9-6-4-8(5-7-9)10(12)11-2;1-11-7-6-9-4-2-3-5-10(9)8-11/h4-7H,3H2,1-2H3,(H,11,12);2-5H,6-8H2,1H3. The molecule has 0 unspecified atom stereocenters. The lowest BCUT2D eigenvalue weighted by Crippen LogP contribution is -2.26. The number of rotatable bonds is 3. The van der Waals surface area contributed by atoms with Crippen molar-refractivity contribution < 1.29 is 4.79 Å². The second-order valence-electron chi connectivity index (χ2n) is 5.79. The van der Waals surface area contributed by atoms with Gasteiger partial charge < -0.3 is 10.2 Å². The zero-order chi connectivity index (χ0) is 17.4. The van der Waals surface area contributed by atoms with E-state index in [2.05, 4.69) is 48.5 Å². The van der Waals surface area contributed by atoms with Gasteiger partial charge in [0.2, 0.25) is 0 Å². The van der Waals surface area contributed by atoms with Crippen LogP contribution >= 0.6 is 11.8 Å². The van der Waals surface area contributed by atoms with E-state index in [1.807, 2.05) is 24.3 Å². The molecule has 3 nitrogen and oxygen atoms in total. The average molecular weight is 343 g/mol. The molecule has 1 N–H and O–H groups in total. The number of thioether (sulfide) groups is 1. The Hall–Kier alpha value is -1.78. The third-order valence-electron chi connectivity index (χ3n) is 3.98. The third-order valence-corrected chi connectivity index (χ3v) is 4.87. The Balaban J connectivity index is 0.000000175. The largest absolute Gasteiger partial charge is 0.355 e. The van der Waals surface area contributed by atoms with E-state index in [4.69, 9.17) is 0 Å². The van der Waals surface area contributed by atoms with Crippen molar-refractivity contribution in [2.24, 2.45) is 0 Å². The highest BCUT2D eigenvalue weighted by molar-refractivity contribution is 7.99. The third kappa shape index (κ3) is 5.39.